The van der Waals surface area contributed by atoms with Crippen LogP contribution in [0, 0.1) is 17.1 Å². The lowest BCUT2D eigenvalue weighted by Gasteiger charge is -2.06. The van der Waals surface area contributed by atoms with Crippen molar-refractivity contribution < 1.29 is 9.18 Å². The smallest absolute Gasteiger partial charge is 0.250 e. The molecule has 0 saturated heterocycles. The molecule has 1 amide bonds. The Hall–Kier alpha value is -2.97. The van der Waals surface area contributed by atoms with Crippen LogP contribution >= 0.6 is 11.3 Å². The molecule has 112 valence electrons. The highest BCUT2D eigenvalue weighted by Crippen LogP contribution is 2.32. The maximum atomic E-state index is 13.2. The Morgan fingerprint density at radius 2 is 1.78 bits per heavy atom. The van der Waals surface area contributed by atoms with Gasteiger partial charge in [-0.15, -0.1) is 11.3 Å². The van der Waals surface area contributed by atoms with E-state index in [9.17, 15) is 9.18 Å². The molecule has 0 radical (unpaired) electrons. The Morgan fingerprint density at radius 3 is 2.43 bits per heavy atom. The first-order chi connectivity index (χ1) is 11.1. The van der Waals surface area contributed by atoms with E-state index in [1.165, 1.54) is 23.5 Å². The predicted octanol–water partition coefficient (Wildman–Crippen LogP) is 4.19. The summed E-state index contributed by atoms with van der Waals surface area (Å²) in [6.45, 7) is 0. The molecule has 23 heavy (non-hydrogen) atoms. The zero-order chi connectivity index (χ0) is 16.4. The number of nitrogens with two attached hydrogens (primary N) is 1. The number of rotatable bonds is 3. The summed E-state index contributed by atoms with van der Waals surface area (Å²) in [6, 6.07) is 15.2. The third-order valence-corrected chi connectivity index (χ3v) is 4.45. The van der Waals surface area contributed by atoms with Crippen molar-refractivity contribution in [3.8, 4) is 27.6 Å². The summed E-state index contributed by atoms with van der Waals surface area (Å²) in [5.41, 5.74) is 8.49. The van der Waals surface area contributed by atoms with Crippen LogP contribution in [-0.2, 0) is 0 Å². The van der Waals surface area contributed by atoms with Gasteiger partial charge in [-0.25, -0.2) is 4.39 Å². The fourth-order valence-electron chi connectivity index (χ4n) is 2.39. The Bertz CT molecular complexity index is 923. The van der Waals surface area contributed by atoms with Crippen molar-refractivity contribution >= 4 is 17.2 Å². The van der Waals surface area contributed by atoms with Gasteiger partial charge < -0.3 is 5.73 Å². The van der Waals surface area contributed by atoms with Gasteiger partial charge in [0.1, 0.15) is 5.82 Å². The van der Waals surface area contributed by atoms with E-state index in [0.29, 0.717) is 11.1 Å². The number of thiophene rings is 1. The molecular formula is C18H11FN2OS. The SMILES string of the molecule is N#Cc1cc(F)ccc1-c1ccc(-c2sccc2C(N)=O)cc1. The lowest BCUT2D eigenvalue weighted by atomic mass is 9.98. The molecule has 3 aromatic rings. The minimum Gasteiger partial charge on any atom is -0.366 e. The van der Waals surface area contributed by atoms with Crippen LogP contribution in [0.25, 0.3) is 21.6 Å². The van der Waals surface area contributed by atoms with Crippen molar-refractivity contribution in [3.63, 3.8) is 0 Å². The molecule has 0 saturated carbocycles. The summed E-state index contributed by atoms with van der Waals surface area (Å²) >= 11 is 1.44. The van der Waals surface area contributed by atoms with Gasteiger partial charge in [0.05, 0.1) is 17.2 Å². The van der Waals surface area contributed by atoms with Crippen LogP contribution in [0.3, 0.4) is 0 Å². The van der Waals surface area contributed by atoms with E-state index in [1.54, 1.807) is 12.1 Å². The first-order valence-corrected chi connectivity index (χ1v) is 7.66. The van der Waals surface area contributed by atoms with Crippen LogP contribution in [0.4, 0.5) is 4.39 Å². The van der Waals surface area contributed by atoms with Crippen molar-refractivity contribution in [1.82, 2.24) is 0 Å². The van der Waals surface area contributed by atoms with E-state index < -0.39 is 11.7 Å². The Morgan fingerprint density at radius 1 is 1.09 bits per heavy atom. The maximum absolute atomic E-state index is 13.2. The van der Waals surface area contributed by atoms with Gasteiger partial charge in [0.15, 0.2) is 0 Å². The quantitative estimate of drug-likeness (QED) is 0.785. The number of primary amides is 1. The third kappa shape index (κ3) is 2.85. The zero-order valence-electron chi connectivity index (χ0n) is 11.9. The Balaban J connectivity index is 2.02. The van der Waals surface area contributed by atoms with Crippen LogP contribution in [0.5, 0.6) is 0 Å². The highest BCUT2D eigenvalue weighted by atomic mass is 32.1. The number of carbonyl (C=O) groups is 1. The van der Waals surface area contributed by atoms with Crippen LogP contribution in [0.2, 0.25) is 0 Å². The summed E-state index contributed by atoms with van der Waals surface area (Å²) in [5.74, 6) is -0.901. The monoisotopic (exact) mass is 322 g/mol. The molecule has 3 nitrogen and oxygen atoms in total. The number of amides is 1. The summed E-state index contributed by atoms with van der Waals surface area (Å²) in [4.78, 5) is 12.2. The average Bonchev–Trinajstić information content (AvgIpc) is 3.05. The molecular weight excluding hydrogens is 311 g/mol. The normalized spacial score (nSPS) is 10.3. The van der Waals surface area contributed by atoms with Gasteiger partial charge in [-0.3, -0.25) is 4.79 Å². The molecule has 0 spiro atoms. The molecule has 0 unspecified atom stereocenters. The minimum atomic E-state index is -0.462. The molecule has 1 heterocycles. The second-order valence-electron chi connectivity index (χ2n) is 4.91. The molecule has 0 aliphatic rings. The molecule has 0 aliphatic carbocycles. The number of halogens is 1. The summed E-state index contributed by atoms with van der Waals surface area (Å²) in [7, 11) is 0. The molecule has 5 heteroatoms. The van der Waals surface area contributed by atoms with Crippen molar-refractivity contribution in [3.05, 3.63) is 70.9 Å². The zero-order valence-corrected chi connectivity index (χ0v) is 12.7. The topological polar surface area (TPSA) is 66.9 Å². The number of nitriles is 1. The van der Waals surface area contributed by atoms with E-state index in [0.717, 1.165) is 16.0 Å². The minimum absolute atomic E-state index is 0.284. The van der Waals surface area contributed by atoms with Crippen LogP contribution in [0.1, 0.15) is 15.9 Å². The van der Waals surface area contributed by atoms with E-state index in [2.05, 4.69) is 0 Å². The molecule has 0 aliphatic heterocycles. The molecule has 2 N–H and O–H groups in total. The Kier molecular flexibility index (Phi) is 3.92. The largest absolute Gasteiger partial charge is 0.366 e. The number of benzene rings is 2. The number of hydrogen-bond donors (Lipinski definition) is 1. The van der Waals surface area contributed by atoms with Gasteiger partial charge in [0.25, 0.3) is 0 Å². The van der Waals surface area contributed by atoms with Gasteiger partial charge in [-0.05, 0) is 40.3 Å². The van der Waals surface area contributed by atoms with E-state index in [-0.39, 0.29) is 5.56 Å². The number of carbonyl (C=O) groups excluding carboxylic acids is 1. The van der Waals surface area contributed by atoms with Gasteiger partial charge in [-0.1, -0.05) is 30.3 Å². The van der Waals surface area contributed by atoms with Crippen molar-refractivity contribution in [2.24, 2.45) is 5.73 Å². The average molecular weight is 322 g/mol. The number of hydrogen-bond acceptors (Lipinski definition) is 3. The Labute approximate surface area is 136 Å². The lowest BCUT2D eigenvalue weighted by molar-refractivity contribution is 0.100. The van der Waals surface area contributed by atoms with Gasteiger partial charge in [0, 0.05) is 4.88 Å². The van der Waals surface area contributed by atoms with E-state index in [4.69, 9.17) is 11.0 Å². The van der Waals surface area contributed by atoms with Crippen LogP contribution in [0.15, 0.2) is 53.9 Å². The number of nitrogens with zero attached hydrogens (tertiary/aromatic N) is 1. The van der Waals surface area contributed by atoms with Crippen molar-refractivity contribution in [1.29, 1.82) is 5.26 Å². The van der Waals surface area contributed by atoms with Crippen molar-refractivity contribution in [2.75, 3.05) is 0 Å². The summed E-state index contributed by atoms with van der Waals surface area (Å²) in [6.07, 6.45) is 0. The maximum Gasteiger partial charge on any atom is 0.250 e. The highest BCUT2D eigenvalue weighted by Gasteiger charge is 2.12. The second-order valence-corrected chi connectivity index (χ2v) is 5.82. The fraction of sp³-hybridized carbons (Fsp3) is 0. The first kappa shape index (κ1) is 14.9. The van der Waals surface area contributed by atoms with Gasteiger partial charge in [-0.2, -0.15) is 5.26 Å². The third-order valence-electron chi connectivity index (χ3n) is 3.49. The predicted molar refractivity (Wildman–Crippen MR) is 88.4 cm³/mol. The molecule has 3 rings (SSSR count). The highest BCUT2D eigenvalue weighted by molar-refractivity contribution is 7.14. The first-order valence-electron chi connectivity index (χ1n) is 6.78. The molecule has 0 atom stereocenters. The van der Waals surface area contributed by atoms with E-state index >= 15 is 0 Å². The van der Waals surface area contributed by atoms with E-state index in [1.807, 2.05) is 35.7 Å². The van der Waals surface area contributed by atoms with Crippen molar-refractivity contribution in [2.45, 2.75) is 0 Å². The molecule has 2 aromatic carbocycles. The molecule has 1 aromatic heterocycles. The second kappa shape index (κ2) is 6.03. The molecule has 0 fully saturated rings. The van der Waals surface area contributed by atoms with Crippen LogP contribution < -0.4 is 5.73 Å². The van der Waals surface area contributed by atoms with Crippen LogP contribution in [-0.4, -0.2) is 5.91 Å². The lowest BCUT2D eigenvalue weighted by Crippen LogP contribution is -2.10. The van der Waals surface area contributed by atoms with Gasteiger partial charge in [0.2, 0.25) is 5.91 Å². The fourth-order valence-corrected chi connectivity index (χ4v) is 3.30. The standard InChI is InChI=1S/C18H11FN2OS/c19-14-5-6-15(13(9-14)10-20)11-1-3-12(4-2-11)17-16(18(21)22)7-8-23-17/h1-9H,(H2,21,22). The molecule has 0 bridgehead atoms. The summed E-state index contributed by atoms with van der Waals surface area (Å²) in [5, 5.41) is 11.0. The van der Waals surface area contributed by atoms with Gasteiger partial charge >= 0.3 is 0 Å². The summed E-state index contributed by atoms with van der Waals surface area (Å²) < 4.78 is 13.2.